The monoisotopic (exact) mass is 301 g/mol. The van der Waals surface area contributed by atoms with Crippen LogP contribution in [0, 0.1) is 6.92 Å². The van der Waals surface area contributed by atoms with Gasteiger partial charge < -0.3 is 5.73 Å². The summed E-state index contributed by atoms with van der Waals surface area (Å²) in [6.45, 7) is 1.90. The van der Waals surface area contributed by atoms with E-state index in [0.29, 0.717) is 11.3 Å². The molecule has 2 atom stereocenters. The van der Waals surface area contributed by atoms with E-state index in [2.05, 4.69) is 0 Å². The first-order valence-corrected chi connectivity index (χ1v) is 8.69. The van der Waals surface area contributed by atoms with Crippen molar-refractivity contribution in [3.05, 3.63) is 65.2 Å². The third-order valence-electron chi connectivity index (χ3n) is 4.23. The van der Waals surface area contributed by atoms with E-state index in [4.69, 9.17) is 5.73 Å². The van der Waals surface area contributed by atoms with Gasteiger partial charge in [-0.15, -0.1) is 0 Å². The third kappa shape index (κ3) is 2.49. The molecule has 2 N–H and O–H groups in total. The van der Waals surface area contributed by atoms with Crippen molar-refractivity contribution in [3.8, 4) is 0 Å². The van der Waals surface area contributed by atoms with E-state index < -0.39 is 21.1 Å². The molecule has 1 aliphatic rings. The number of fused-ring (bicyclic) bond motifs is 1. The average molecular weight is 301 g/mol. The zero-order valence-electron chi connectivity index (χ0n) is 12.0. The van der Waals surface area contributed by atoms with Crippen LogP contribution in [0.5, 0.6) is 0 Å². The second-order valence-corrected chi connectivity index (χ2v) is 7.83. The van der Waals surface area contributed by atoms with Crippen LogP contribution < -0.4 is 5.73 Å². The molecule has 0 saturated carbocycles. The highest BCUT2D eigenvalue weighted by Gasteiger charge is 2.37. The summed E-state index contributed by atoms with van der Waals surface area (Å²) in [5.41, 5.74) is 9.35. The zero-order valence-corrected chi connectivity index (χ0v) is 12.8. The predicted octanol–water partition coefficient (Wildman–Crippen LogP) is 2.78. The molecule has 1 aliphatic carbocycles. The fourth-order valence-electron chi connectivity index (χ4n) is 3.08. The first kappa shape index (κ1) is 14.3. The average Bonchev–Trinajstić information content (AvgIpc) is 2.47. The minimum absolute atomic E-state index is 0.377. The fraction of sp³-hybridized carbons (Fsp3) is 0.294. The van der Waals surface area contributed by atoms with Gasteiger partial charge in [-0.05, 0) is 48.6 Å². The Morgan fingerprint density at radius 3 is 2.62 bits per heavy atom. The van der Waals surface area contributed by atoms with E-state index in [-0.39, 0.29) is 0 Å². The van der Waals surface area contributed by atoms with Gasteiger partial charge in [0.25, 0.3) is 0 Å². The van der Waals surface area contributed by atoms with E-state index in [9.17, 15) is 8.42 Å². The van der Waals surface area contributed by atoms with Crippen LogP contribution in [-0.2, 0) is 16.3 Å². The maximum Gasteiger partial charge on any atom is 0.183 e. The molecule has 2 aromatic carbocycles. The first-order valence-electron chi connectivity index (χ1n) is 7.14. The standard InChI is InChI=1S/C17H19NO2S/c1-12-5-4-7-14(11-12)21(19,20)16-10-9-13-6-2-3-8-15(13)17(16)18/h2-8,11,16-17H,9-10,18H2,1H3. The van der Waals surface area contributed by atoms with E-state index >= 15 is 0 Å². The normalized spacial score (nSPS) is 21.8. The molecule has 2 unspecified atom stereocenters. The number of hydrogen-bond acceptors (Lipinski definition) is 3. The van der Waals surface area contributed by atoms with Crippen molar-refractivity contribution in [1.29, 1.82) is 0 Å². The molecule has 0 bridgehead atoms. The third-order valence-corrected chi connectivity index (χ3v) is 6.47. The summed E-state index contributed by atoms with van der Waals surface area (Å²) < 4.78 is 25.8. The largest absolute Gasteiger partial charge is 0.323 e. The maximum atomic E-state index is 12.9. The Kier molecular flexibility index (Phi) is 3.59. The smallest absolute Gasteiger partial charge is 0.183 e. The minimum atomic E-state index is -3.40. The molecule has 2 aromatic rings. The summed E-state index contributed by atoms with van der Waals surface area (Å²) in [6.07, 6.45) is 1.34. The predicted molar refractivity (Wildman–Crippen MR) is 83.8 cm³/mol. The van der Waals surface area contributed by atoms with Crippen LogP contribution in [0.4, 0.5) is 0 Å². The summed E-state index contributed by atoms with van der Waals surface area (Å²) in [7, 11) is -3.40. The Labute approximate surface area is 125 Å². The molecular weight excluding hydrogens is 282 g/mol. The molecule has 0 aromatic heterocycles. The van der Waals surface area contributed by atoms with Crippen LogP contribution in [0.3, 0.4) is 0 Å². The summed E-state index contributed by atoms with van der Waals surface area (Å²) in [5.74, 6) is 0. The van der Waals surface area contributed by atoms with Gasteiger partial charge in [0.05, 0.1) is 10.1 Å². The molecule has 3 nitrogen and oxygen atoms in total. The zero-order chi connectivity index (χ0) is 15.0. The second kappa shape index (κ2) is 5.28. The van der Waals surface area contributed by atoms with Crippen molar-refractivity contribution in [1.82, 2.24) is 0 Å². The van der Waals surface area contributed by atoms with Gasteiger partial charge in [-0.3, -0.25) is 0 Å². The van der Waals surface area contributed by atoms with Gasteiger partial charge in [0.1, 0.15) is 0 Å². The van der Waals surface area contributed by atoms with Crippen LogP contribution >= 0.6 is 0 Å². The highest BCUT2D eigenvalue weighted by Crippen LogP contribution is 2.35. The molecule has 0 spiro atoms. The number of sulfone groups is 1. The van der Waals surface area contributed by atoms with E-state index in [1.807, 2.05) is 37.3 Å². The van der Waals surface area contributed by atoms with Crippen molar-refractivity contribution in [2.24, 2.45) is 5.73 Å². The Hall–Kier alpha value is -1.65. The summed E-state index contributed by atoms with van der Waals surface area (Å²) in [6, 6.07) is 14.5. The molecule has 21 heavy (non-hydrogen) atoms. The number of nitrogens with two attached hydrogens (primary N) is 1. The van der Waals surface area contributed by atoms with Crippen LogP contribution in [0.15, 0.2) is 53.4 Å². The highest BCUT2D eigenvalue weighted by molar-refractivity contribution is 7.92. The Morgan fingerprint density at radius 2 is 1.86 bits per heavy atom. The second-order valence-electron chi connectivity index (χ2n) is 5.66. The SMILES string of the molecule is Cc1cccc(S(=O)(=O)C2CCc3ccccc3C2N)c1. The van der Waals surface area contributed by atoms with Gasteiger partial charge in [0.2, 0.25) is 0 Å². The molecule has 4 heteroatoms. The van der Waals surface area contributed by atoms with Crippen molar-refractivity contribution in [3.63, 3.8) is 0 Å². The van der Waals surface area contributed by atoms with Gasteiger partial charge in [-0.1, -0.05) is 36.4 Å². The van der Waals surface area contributed by atoms with Crippen LogP contribution in [-0.4, -0.2) is 13.7 Å². The highest BCUT2D eigenvalue weighted by atomic mass is 32.2. The lowest BCUT2D eigenvalue weighted by Gasteiger charge is -2.30. The van der Waals surface area contributed by atoms with Gasteiger partial charge >= 0.3 is 0 Å². The van der Waals surface area contributed by atoms with Crippen LogP contribution in [0.1, 0.15) is 29.2 Å². The molecule has 3 rings (SSSR count). The first-order chi connectivity index (χ1) is 10.00. The summed E-state index contributed by atoms with van der Waals surface area (Å²) in [4.78, 5) is 0.377. The summed E-state index contributed by atoms with van der Waals surface area (Å²) >= 11 is 0. The fourth-order valence-corrected chi connectivity index (χ4v) is 5.01. The quantitative estimate of drug-likeness (QED) is 0.928. The molecule has 0 heterocycles. The number of hydrogen-bond donors (Lipinski definition) is 1. The van der Waals surface area contributed by atoms with Gasteiger partial charge in [-0.2, -0.15) is 0 Å². The molecule has 0 saturated heterocycles. The van der Waals surface area contributed by atoms with Crippen molar-refractivity contribution in [2.45, 2.75) is 36.0 Å². The van der Waals surface area contributed by atoms with E-state index in [0.717, 1.165) is 17.5 Å². The Bertz CT molecular complexity index is 768. The van der Waals surface area contributed by atoms with Gasteiger partial charge in [-0.25, -0.2) is 8.42 Å². The van der Waals surface area contributed by atoms with Gasteiger partial charge in [0.15, 0.2) is 9.84 Å². The Morgan fingerprint density at radius 1 is 1.10 bits per heavy atom. The number of benzene rings is 2. The minimum Gasteiger partial charge on any atom is -0.323 e. The molecule has 110 valence electrons. The molecule has 0 amide bonds. The lowest BCUT2D eigenvalue weighted by Crippen LogP contribution is -2.37. The summed E-state index contributed by atoms with van der Waals surface area (Å²) in [5, 5.41) is -0.547. The molecule has 0 fully saturated rings. The van der Waals surface area contributed by atoms with Crippen molar-refractivity contribution in [2.75, 3.05) is 0 Å². The topological polar surface area (TPSA) is 60.2 Å². The molecule has 0 aliphatic heterocycles. The number of aryl methyl sites for hydroxylation is 2. The van der Waals surface area contributed by atoms with Crippen molar-refractivity contribution >= 4 is 9.84 Å². The van der Waals surface area contributed by atoms with E-state index in [1.165, 1.54) is 5.56 Å². The van der Waals surface area contributed by atoms with Crippen LogP contribution in [0.2, 0.25) is 0 Å². The molecular formula is C17H19NO2S. The van der Waals surface area contributed by atoms with Gasteiger partial charge in [0, 0.05) is 6.04 Å². The number of rotatable bonds is 2. The van der Waals surface area contributed by atoms with Crippen LogP contribution in [0.25, 0.3) is 0 Å². The van der Waals surface area contributed by atoms with E-state index in [1.54, 1.807) is 18.2 Å². The van der Waals surface area contributed by atoms with Crippen molar-refractivity contribution < 1.29 is 8.42 Å². The maximum absolute atomic E-state index is 12.9. The Balaban J connectivity index is 2.02. The lowest BCUT2D eigenvalue weighted by molar-refractivity contribution is 0.521. The molecule has 0 radical (unpaired) electrons. The lowest BCUT2D eigenvalue weighted by atomic mass is 9.88.